The van der Waals surface area contributed by atoms with Gasteiger partial charge in [0.15, 0.2) is 0 Å². The number of aliphatic hydroxyl groups excluding tert-OH is 1. The summed E-state index contributed by atoms with van der Waals surface area (Å²) in [6, 6.07) is 7.33. The Morgan fingerprint density at radius 3 is 2.71 bits per heavy atom. The molecule has 0 spiro atoms. The fourth-order valence-electron chi connectivity index (χ4n) is 2.02. The number of ether oxygens (including phenoxy) is 1. The lowest BCUT2D eigenvalue weighted by Gasteiger charge is -2.20. The van der Waals surface area contributed by atoms with Crippen LogP contribution in [0, 0.1) is 0 Å². The highest BCUT2D eigenvalue weighted by atomic mass is 16.5. The number of nitrogens with zero attached hydrogens (tertiary/aromatic N) is 3. The van der Waals surface area contributed by atoms with E-state index in [-0.39, 0.29) is 19.1 Å². The summed E-state index contributed by atoms with van der Waals surface area (Å²) in [6.07, 6.45) is 4.61. The standard InChI is InChI=1S/C15H19N3O3/c1-17(10-13(19)11-21-2)15(20)12-5-6-14(16-9-12)18-7-3-4-8-18/h3-9,13,19H,10-11H2,1-2H3. The normalized spacial score (nSPS) is 12.1. The van der Waals surface area contributed by atoms with Gasteiger partial charge in [0, 0.05) is 39.3 Å². The Morgan fingerprint density at radius 2 is 2.14 bits per heavy atom. The average Bonchev–Trinajstić information content (AvgIpc) is 3.01. The van der Waals surface area contributed by atoms with E-state index in [0.29, 0.717) is 5.56 Å². The third kappa shape index (κ3) is 3.90. The quantitative estimate of drug-likeness (QED) is 0.860. The minimum Gasteiger partial charge on any atom is -0.389 e. The fourth-order valence-corrected chi connectivity index (χ4v) is 2.02. The van der Waals surface area contributed by atoms with Crippen molar-refractivity contribution in [3.63, 3.8) is 0 Å². The number of methoxy groups -OCH3 is 1. The molecular formula is C15H19N3O3. The summed E-state index contributed by atoms with van der Waals surface area (Å²) >= 11 is 0. The zero-order valence-electron chi connectivity index (χ0n) is 12.1. The molecule has 0 fully saturated rings. The lowest BCUT2D eigenvalue weighted by atomic mass is 10.2. The molecule has 0 radical (unpaired) electrons. The van der Waals surface area contributed by atoms with Gasteiger partial charge in [-0.05, 0) is 24.3 Å². The number of aliphatic hydroxyl groups is 1. The first-order valence-corrected chi connectivity index (χ1v) is 6.63. The van der Waals surface area contributed by atoms with Crippen LogP contribution in [0.15, 0.2) is 42.9 Å². The SMILES string of the molecule is COCC(O)CN(C)C(=O)c1ccc(-n2cccc2)nc1. The van der Waals surface area contributed by atoms with E-state index >= 15 is 0 Å². The van der Waals surface area contributed by atoms with E-state index in [2.05, 4.69) is 4.98 Å². The molecule has 112 valence electrons. The summed E-state index contributed by atoms with van der Waals surface area (Å²) in [5, 5.41) is 9.65. The molecule has 2 aromatic rings. The summed E-state index contributed by atoms with van der Waals surface area (Å²) in [7, 11) is 3.15. The highest BCUT2D eigenvalue weighted by Gasteiger charge is 2.15. The van der Waals surface area contributed by atoms with Crippen LogP contribution in [-0.2, 0) is 4.74 Å². The first-order valence-electron chi connectivity index (χ1n) is 6.63. The third-order valence-corrected chi connectivity index (χ3v) is 3.05. The number of hydrogen-bond acceptors (Lipinski definition) is 4. The van der Waals surface area contributed by atoms with Crippen molar-refractivity contribution in [2.24, 2.45) is 0 Å². The van der Waals surface area contributed by atoms with Crippen molar-refractivity contribution in [3.8, 4) is 5.82 Å². The predicted molar refractivity (Wildman–Crippen MR) is 78.4 cm³/mol. The number of likely N-dealkylation sites (N-methyl/N-ethyl adjacent to an activating group) is 1. The highest BCUT2D eigenvalue weighted by molar-refractivity contribution is 5.93. The largest absolute Gasteiger partial charge is 0.389 e. The Hall–Kier alpha value is -2.18. The van der Waals surface area contributed by atoms with E-state index < -0.39 is 6.10 Å². The maximum Gasteiger partial charge on any atom is 0.255 e. The summed E-state index contributed by atoms with van der Waals surface area (Å²) in [4.78, 5) is 17.9. The molecule has 0 saturated carbocycles. The van der Waals surface area contributed by atoms with E-state index in [4.69, 9.17) is 4.74 Å². The van der Waals surface area contributed by atoms with Crippen molar-refractivity contribution in [1.82, 2.24) is 14.5 Å². The molecule has 1 amide bonds. The minimum absolute atomic E-state index is 0.184. The Balaban J connectivity index is 2.02. The molecule has 0 saturated heterocycles. The molecule has 0 aliphatic rings. The molecule has 2 heterocycles. The predicted octanol–water partition coefficient (Wildman–Crippen LogP) is 0.952. The van der Waals surface area contributed by atoms with E-state index in [0.717, 1.165) is 5.82 Å². The Labute approximate surface area is 123 Å². The number of amides is 1. The zero-order valence-corrected chi connectivity index (χ0v) is 12.1. The van der Waals surface area contributed by atoms with E-state index in [1.165, 1.54) is 18.2 Å². The zero-order chi connectivity index (χ0) is 15.2. The van der Waals surface area contributed by atoms with Crippen molar-refractivity contribution in [1.29, 1.82) is 0 Å². The number of carbonyl (C=O) groups excluding carboxylic acids is 1. The highest BCUT2D eigenvalue weighted by Crippen LogP contribution is 2.08. The van der Waals surface area contributed by atoms with Crippen LogP contribution in [0.3, 0.4) is 0 Å². The van der Waals surface area contributed by atoms with Gasteiger partial charge in [0.1, 0.15) is 5.82 Å². The van der Waals surface area contributed by atoms with Gasteiger partial charge in [0.25, 0.3) is 5.91 Å². The molecule has 0 aromatic carbocycles. The van der Waals surface area contributed by atoms with Gasteiger partial charge in [-0.2, -0.15) is 0 Å². The van der Waals surface area contributed by atoms with Gasteiger partial charge in [0.2, 0.25) is 0 Å². The van der Waals surface area contributed by atoms with Gasteiger partial charge in [0.05, 0.1) is 18.3 Å². The van der Waals surface area contributed by atoms with Crippen LogP contribution in [0.5, 0.6) is 0 Å². The molecule has 1 N–H and O–H groups in total. The van der Waals surface area contributed by atoms with Crippen LogP contribution >= 0.6 is 0 Å². The molecule has 21 heavy (non-hydrogen) atoms. The molecule has 6 nitrogen and oxygen atoms in total. The Kier molecular flexibility index (Phi) is 5.08. The Morgan fingerprint density at radius 1 is 1.43 bits per heavy atom. The number of aromatic nitrogens is 2. The van der Waals surface area contributed by atoms with Crippen LogP contribution in [0.4, 0.5) is 0 Å². The van der Waals surface area contributed by atoms with Gasteiger partial charge in [-0.1, -0.05) is 0 Å². The maximum absolute atomic E-state index is 12.2. The van der Waals surface area contributed by atoms with E-state index in [1.54, 1.807) is 19.2 Å². The monoisotopic (exact) mass is 289 g/mol. The molecule has 1 atom stereocenters. The number of rotatable bonds is 6. The van der Waals surface area contributed by atoms with Crippen molar-refractivity contribution in [3.05, 3.63) is 48.4 Å². The lowest BCUT2D eigenvalue weighted by Crippen LogP contribution is -2.36. The summed E-state index contributed by atoms with van der Waals surface area (Å²) in [5.41, 5.74) is 0.484. The van der Waals surface area contributed by atoms with E-state index in [1.807, 2.05) is 29.1 Å². The maximum atomic E-state index is 12.2. The van der Waals surface area contributed by atoms with Crippen LogP contribution in [0.2, 0.25) is 0 Å². The van der Waals surface area contributed by atoms with Gasteiger partial charge >= 0.3 is 0 Å². The van der Waals surface area contributed by atoms with Gasteiger partial charge in [-0.3, -0.25) is 4.79 Å². The van der Waals surface area contributed by atoms with Crippen molar-refractivity contribution in [2.75, 3.05) is 27.3 Å². The Bertz CT molecular complexity index is 566. The molecule has 0 aliphatic heterocycles. The summed E-state index contributed by atoms with van der Waals surface area (Å²) in [6.45, 7) is 0.411. The lowest BCUT2D eigenvalue weighted by molar-refractivity contribution is 0.0380. The molecule has 1 unspecified atom stereocenters. The first-order chi connectivity index (χ1) is 10.1. The topological polar surface area (TPSA) is 67.6 Å². The van der Waals surface area contributed by atoms with Crippen LogP contribution < -0.4 is 0 Å². The molecule has 2 rings (SSSR count). The summed E-state index contributed by atoms with van der Waals surface area (Å²) < 4.78 is 6.71. The molecule has 0 aliphatic carbocycles. The molecule has 6 heteroatoms. The molecule has 2 aromatic heterocycles. The van der Waals surface area contributed by atoms with Crippen molar-refractivity contribution < 1.29 is 14.6 Å². The van der Waals surface area contributed by atoms with Crippen molar-refractivity contribution in [2.45, 2.75) is 6.10 Å². The second-order valence-electron chi connectivity index (χ2n) is 4.79. The smallest absolute Gasteiger partial charge is 0.255 e. The fraction of sp³-hybridized carbons (Fsp3) is 0.333. The third-order valence-electron chi connectivity index (χ3n) is 3.05. The first kappa shape index (κ1) is 15.2. The molecule has 0 bridgehead atoms. The number of pyridine rings is 1. The second-order valence-corrected chi connectivity index (χ2v) is 4.79. The van der Waals surface area contributed by atoms with Gasteiger partial charge < -0.3 is 19.3 Å². The van der Waals surface area contributed by atoms with Crippen LogP contribution in [0.1, 0.15) is 10.4 Å². The van der Waals surface area contributed by atoms with Gasteiger partial charge in [-0.15, -0.1) is 0 Å². The van der Waals surface area contributed by atoms with Crippen molar-refractivity contribution >= 4 is 5.91 Å². The number of hydrogen-bond donors (Lipinski definition) is 1. The summed E-state index contributed by atoms with van der Waals surface area (Å²) in [5.74, 6) is 0.565. The van der Waals surface area contributed by atoms with E-state index in [9.17, 15) is 9.90 Å². The number of carbonyl (C=O) groups is 1. The average molecular weight is 289 g/mol. The molecular weight excluding hydrogens is 270 g/mol. The van der Waals surface area contributed by atoms with Crippen LogP contribution in [0.25, 0.3) is 5.82 Å². The van der Waals surface area contributed by atoms with Gasteiger partial charge in [-0.25, -0.2) is 4.98 Å². The second kappa shape index (κ2) is 7.01. The minimum atomic E-state index is -0.698. The van der Waals surface area contributed by atoms with Crippen LogP contribution in [-0.4, -0.2) is 58.9 Å².